The van der Waals surface area contributed by atoms with Gasteiger partial charge in [-0.1, -0.05) is 19.9 Å². The summed E-state index contributed by atoms with van der Waals surface area (Å²) in [5, 5.41) is 0. The monoisotopic (exact) mass is 192 g/mol. The molecule has 0 N–H and O–H groups in total. The van der Waals surface area contributed by atoms with E-state index in [1.807, 2.05) is 32.3 Å². The summed E-state index contributed by atoms with van der Waals surface area (Å²) in [5.41, 5.74) is 1.36. The first kappa shape index (κ1) is 11.2. The number of nitrogens with zero attached hydrogens (tertiary/aromatic N) is 2. The molecular weight excluding hydrogens is 172 g/mol. The molecule has 1 aromatic heterocycles. The largest absolute Gasteiger partial charge is 0.299 e. The fraction of sp³-hybridized carbons (Fsp3) is 0.583. The molecule has 1 fully saturated rings. The fourth-order valence-corrected chi connectivity index (χ4v) is 1.90. The Morgan fingerprint density at radius 1 is 1.43 bits per heavy atom. The van der Waals surface area contributed by atoms with Gasteiger partial charge < -0.3 is 0 Å². The summed E-state index contributed by atoms with van der Waals surface area (Å²) in [5.74, 6) is 0. The second kappa shape index (κ2) is 5.76. The number of likely N-dealkylation sites (tertiary alicyclic amines) is 1. The lowest BCUT2D eigenvalue weighted by Gasteiger charge is -2.18. The predicted octanol–water partition coefficient (Wildman–Crippen LogP) is 2.87. The molecule has 1 unspecified atom stereocenters. The van der Waals surface area contributed by atoms with E-state index < -0.39 is 0 Å². The van der Waals surface area contributed by atoms with Crippen LogP contribution < -0.4 is 0 Å². The van der Waals surface area contributed by atoms with Crippen molar-refractivity contribution in [1.29, 1.82) is 0 Å². The van der Waals surface area contributed by atoms with Crippen LogP contribution in [0.15, 0.2) is 24.5 Å². The molecule has 2 heteroatoms. The average Bonchev–Trinajstić information content (AvgIpc) is 2.69. The molecule has 1 saturated heterocycles. The van der Waals surface area contributed by atoms with Gasteiger partial charge in [-0.3, -0.25) is 9.88 Å². The van der Waals surface area contributed by atoms with Crippen LogP contribution in [0.1, 0.15) is 38.3 Å². The van der Waals surface area contributed by atoms with Crippen LogP contribution in [0.4, 0.5) is 0 Å². The van der Waals surface area contributed by atoms with Gasteiger partial charge in [-0.2, -0.15) is 0 Å². The average molecular weight is 192 g/mol. The summed E-state index contributed by atoms with van der Waals surface area (Å²) in [6, 6.07) is 4.79. The van der Waals surface area contributed by atoms with E-state index in [0.29, 0.717) is 6.04 Å². The van der Waals surface area contributed by atoms with E-state index >= 15 is 0 Å². The van der Waals surface area contributed by atoms with Gasteiger partial charge in [0.05, 0.1) is 0 Å². The highest BCUT2D eigenvalue weighted by Gasteiger charge is 2.21. The Labute approximate surface area is 87.0 Å². The van der Waals surface area contributed by atoms with Gasteiger partial charge in [0.25, 0.3) is 0 Å². The van der Waals surface area contributed by atoms with Crippen LogP contribution in [0.5, 0.6) is 0 Å². The molecule has 0 bridgehead atoms. The summed E-state index contributed by atoms with van der Waals surface area (Å²) in [6.45, 7) is 5.22. The highest BCUT2D eigenvalue weighted by atomic mass is 15.1. The maximum absolute atomic E-state index is 4.14. The standard InChI is InChI=1S/C10H14N2.C2H6/c1-12-7-3-5-10(12)9-4-2-6-11-8-9;1-2/h2,4,6,8,10H,3,5,7H2,1H3;1-2H3. The molecule has 2 rings (SSSR count). The van der Waals surface area contributed by atoms with Crippen molar-refractivity contribution in [2.45, 2.75) is 32.7 Å². The maximum Gasteiger partial charge on any atom is 0.0360 e. The van der Waals surface area contributed by atoms with E-state index in [1.54, 1.807) is 0 Å². The first-order valence-corrected chi connectivity index (χ1v) is 5.48. The molecular formula is C12H20N2. The molecule has 0 aliphatic carbocycles. The minimum Gasteiger partial charge on any atom is -0.299 e. The second-order valence-corrected chi connectivity index (χ2v) is 3.42. The van der Waals surface area contributed by atoms with Crippen molar-refractivity contribution < 1.29 is 0 Å². The van der Waals surface area contributed by atoms with Crippen LogP contribution in [-0.4, -0.2) is 23.5 Å². The van der Waals surface area contributed by atoms with Crippen molar-refractivity contribution >= 4 is 0 Å². The van der Waals surface area contributed by atoms with Crippen LogP contribution in [0.2, 0.25) is 0 Å². The lowest BCUT2D eigenvalue weighted by Crippen LogP contribution is -2.17. The predicted molar refractivity (Wildman–Crippen MR) is 60.2 cm³/mol. The third-order valence-corrected chi connectivity index (χ3v) is 2.59. The van der Waals surface area contributed by atoms with Crippen LogP contribution in [0.25, 0.3) is 0 Å². The molecule has 1 aliphatic heterocycles. The van der Waals surface area contributed by atoms with Crippen molar-refractivity contribution in [3.05, 3.63) is 30.1 Å². The number of rotatable bonds is 1. The Morgan fingerprint density at radius 2 is 2.21 bits per heavy atom. The molecule has 2 heterocycles. The van der Waals surface area contributed by atoms with Crippen LogP contribution in [0, 0.1) is 0 Å². The quantitative estimate of drug-likeness (QED) is 0.680. The molecule has 1 aromatic rings. The number of hydrogen-bond donors (Lipinski definition) is 0. The first-order valence-electron chi connectivity index (χ1n) is 5.48. The van der Waals surface area contributed by atoms with Gasteiger partial charge in [-0.25, -0.2) is 0 Å². The minimum absolute atomic E-state index is 0.610. The van der Waals surface area contributed by atoms with E-state index in [0.717, 1.165) is 0 Å². The van der Waals surface area contributed by atoms with Gasteiger partial charge in [0.1, 0.15) is 0 Å². The zero-order chi connectivity index (χ0) is 10.4. The van der Waals surface area contributed by atoms with Gasteiger partial charge in [0, 0.05) is 18.4 Å². The number of hydrogen-bond acceptors (Lipinski definition) is 2. The molecule has 0 radical (unpaired) electrons. The van der Waals surface area contributed by atoms with Gasteiger partial charge in [0.15, 0.2) is 0 Å². The van der Waals surface area contributed by atoms with Gasteiger partial charge in [0.2, 0.25) is 0 Å². The third-order valence-electron chi connectivity index (χ3n) is 2.59. The zero-order valence-electron chi connectivity index (χ0n) is 9.40. The second-order valence-electron chi connectivity index (χ2n) is 3.42. The lowest BCUT2D eigenvalue weighted by atomic mass is 10.1. The molecule has 1 atom stereocenters. The van der Waals surface area contributed by atoms with Crippen molar-refractivity contribution in [3.63, 3.8) is 0 Å². The SMILES string of the molecule is CC.CN1CCCC1c1cccnc1. The molecule has 0 aromatic carbocycles. The molecule has 2 nitrogen and oxygen atoms in total. The van der Waals surface area contributed by atoms with Gasteiger partial charge in [-0.05, 0) is 38.1 Å². The van der Waals surface area contributed by atoms with Gasteiger partial charge >= 0.3 is 0 Å². The molecule has 1 aliphatic rings. The Kier molecular flexibility index (Phi) is 4.60. The van der Waals surface area contributed by atoms with Crippen molar-refractivity contribution in [3.8, 4) is 0 Å². The van der Waals surface area contributed by atoms with Crippen molar-refractivity contribution in [2.24, 2.45) is 0 Å². The Hall–Kier alpha value is -0.890. The molecule has 0 spiro atoms. The third kappa shape index (κ3) is 2.55. The summed E-state index contributed by atoms with van der Waals surface area (Å²) in [7, 11) is 2.19. The normalized spacial score (nSPS) is 21.5. The van der Waals surface area contributed by atoms with Crippen LogP contribution >= 0.6 is 0 Å². The molecule has 0 saturated carbocycles. The summed E-state index contributed by atoms with van der Waals surface area (Å²) in [4.78, 5) is 6.54. The smallest absolute Gasteiger partial charge is 0.0360 e. The summed E-state index contributed by atoms with van der Waals surface area (Å²) < 4.78 is 0. The van der Waals surface area contributed by atoms with Crippen LogP contribution in [-0.2, 0) is 0 Å². The first-order chi connectivity index (χ1) is 6.88. The Bertz CT molecular complexity index is 246. The maximum atomic E-state index is 4.14. The highest BCUT2D eigenvalue weighted by molar-refractivity contribution is 5.14. The molecule has 14 heavy (non-hydrogen) atoms. The number of pyridine rings is 1. The molecule has 78 valence electrons. The topological polar surface area (TPSA) is 16.1 Å². The molecule has 0 amide bonds. The van der Waals surface area contributed by atoms with E-state index in [1.165, 1.54) is 24.9 Å². The van der Waals surface area contributed by atoms with E-state index in [-0.39, 0.29) is 0 Å². The van der Waals surface area contributed by atoms with E-state index in [4.69, 9.17) is 0 Å². The van der Waals surface area contributed by atoms with E-state index in [9.17, 15) is 0 Å². The highest BCUT2D eigenvalue weighted by Crippen LogP contribution is 2.29. The summed E-state index contributed by atoms with van der Waals surface area (Å²) in [6.07, 6.45) is 6.41. The van der Waals surface area contributed by atoms with E-state index in [2.05, 4.69) is 23.0 Å². The lowest BCUT2D eigenvalue weighted by molar-refractivity contribution is 0.317. The Balaban J connectivity index is 0.000000461. The zero-order valence-corrected chi connectivity index (χ0v) is 9.40. The van der Waals surface area contributed by atoms with Crippen molar-refractivity contribution in [1.82, 2.24) is 9.88 Å². The minimum atomic E-state index is 0.610. The van der Waals surface area contributed by atoms with Crippen molar-refractivity contribution in [2.75, 3.05) is 13.6 Å². The fourth-order valence-electron chi connectivity index (χ4n) is 1.90. The van der Waals surface area contributed by atoms with Crippen LogP contribution in [0.3, 0.4) is 0 Å². The number of aromatic nitrogens is 1. The summed E-state index contributed by atoms with van der Waals surface area (Å²) >= 11 is 0. The van der Waals surface area contributed by atoms with Gasteiger partial charge in [-0.15, -0.1) is 0 Å². The Morgan fingerprint density at radius 3 is 2.71 bits per heavy atom.